The number of hydrogen-bond donors (Lipinski definition) is 4. The van der Waals surface area contributed by atoms with Crippen molar-refractivity contribution in [3.8, 4) is 5.75 Å². The van der Waals surface area contributed by atoms with Crippen molar-refractivity contribution in [3.05, 3.63) is 58.5 Å². The molecule has 2 atom stereocenters. The van der Waals surface area contributed by atoms with Crippen LogP contribution in [-0.4, -0.2) is 50.3 Å². The number of carbonyl (C=O) groups is 1. The Balaban J connectivity index is 1.93. The number of aliphatic hydroxyl groups excluding tert-OH is 1. The lowest BCUT2D eigenvalue weighted by Crippen LogP contribution is -2.40. The van der Waals surface area contributed by atoms with Crippen LogP contribution in [0, 0.1) is 0 Å². The molecule has 0 fully saturated rings. The smallest absolute Gasteiger partial charge is 0.406 e. The van der Waals surface area contributed by atoms with Crippen LogP contribution in [0.25, 0.3) is 0 Å². The maximum atomic E-state index is 13.4. The Bertz CT molecular complexity index is 1030. The fourth-order valence-electron chi connectivity index (χ4n) is 4.49. The molecule has 7 nitrogen and oxygen atoms in total. The molecule has 0 radical (unpaired) electrons. The van der Waals surface area contributed by atoms with E-state index in [4.69, 9.17) is 0 Å². The molecule has 1 amide bonds. The van der Waals surface area contributed by atoms with Crippen LogP contribution < -0.4 is 25.6 Å². The topological polar surface area (TPSA) is 85.9 Å². The summed E-state index contributed by atoms with van der Waals surface area (Å²) in [5.74, 6) is -0.966. The van der Waals surface area contributed by atoms with E-state index in [1.165, 1.54) is 12.1 Å². The van der Waals surface area contributed by atoms with Crippen molar-refractivity contribution in [2.75, 3.05) is 25.5 Å². The standard InChI is InChI=1S/C25H33F3N4O3/c1-5-6-17(14-29-3)32(4)22-10-8-18(35-25(26,27)28)13-20(22)24(34)30-16-7-9-21-19(12-16)15(2)11-23(33)31-21/h8,10-13,17,23,29,31,33H,5-7,9,14H2,1-4H3,(H,30,34). The van der Waals surface area contributed by atoms with E-state index in [1.54, 1.807) is 6.08 Å². The highest BCUT2D eigenvalue weighted by atomic mass is 19.4. The number of halogens is 3. The average Bonchev–Trinajstić information content (AvgIpc) is 2.77. The van der Waals surface area contributed by atoms with Crippen molar-refractivity contribution in [2.45, 2.75) is 58.2 Å². The molecule has 0 aromatic heterocycles. The van der Waals surface area contributed by atoms with Crippen molar-refractivity contribution in [3.63, 3.8) is 0 Å². The summed E-state index contributed by atoms with van der Waals surface area (Å²) in [7, 11) is 3.66. The maximum Gasteiger partial charge on any atom is 0.573 e. The Kier molecular flexibility index (Phi) is 8.50. The van der Waals surface area contributed by atoms with E-state index >= 15 is 0 Å². The summed E-state index contributed by atoms with van der Waals surface area (Å²) in [5.41, 5.74) is 3.92. The molecule has 1 heterocycles. The van der Waals surface area contributed by atoms with Crippen LogP contribution in [0.3, 0.4) is 0 Å². The largest absolute Gasteiger partial charge is 0.573 e. The SMILES string of the molecule is CCCC(CNC)N(C)c1ccc(OC(F)(F)F)cc1C(=O)NC1=CC2=C(CC1)NC(O)C=C2C. The van der Waals surface area contributed by atoms with Crippen LogP contribution in [0.15, 0.2) is 52.9 Å². The van der Waals surface area contributed by atoms with Crippen molar-refractivity contribution in [1.29, 1.82) is 0 Å². The van der Waals surface area contributed by atoms with Gasteiger partial charge in [0.1, 0.15) is 12.0 Å². The summed E-state index contributed by atoms with van der Waals surface area (Å²) < 4.78 is 42.7. The number of alkyl halides is 3. The molecular weight excluding hydrogens is 461 g/mol. The van der Waals surface area contributed by atoms with E-state index in [2.05, 4.69) is 27.6 Å². The van der Waals surface area contributed by atoms with Crippen LogP contribution in [-0.2, 0) is 0 Å². The summed E-state index contributed by atoms with van der Waals surface area (Å²) in [6, 6.07) is 3.89. The first kappa shape index (κ1) is 26.6. The van der Waals surface area contributed by atoms with E-state index in [1.807, 2.05) is 32.0 Å². The number of benzene rings is 1. The second kappa shape index (κ2) is 11.2. The maximum absolute atomic E-state index is 13.4. The molecule has 1 aliphatic carbocycles. The minimum atomic E-state index is -4.87. The first-order chi connectivity index (χ1) is 16.5. The Labute approximate surface area is 203 Å². The number of aliphatic hydroxyl groups is 1. The zero-order valence-electron chi connectivity index (χ0n) is 20.4. The molecule has 0 saturated carbocycles. The average molecular weight is 495 g/mol. The Morgan fingerprint density at radius 2 is 2.09 bits per heavy atom. The van der Waals surface area contributed by atoms with Crippen LogP contribution in [0.1, 0.15) is 49.9 Å². The minimum Gasteiger partial charge on any atom is -0.406 e. The molecule has 4 N–H and O–H groups in total. The Hall–Kier alpha value is -2.98. The molecule has 10 heteroatoms. The first-order valence-electron chi connectivity index (χ1n) is 11.7. The van der Waals surface area contributed by atoms with Crippen molar-refractivity contribution in [1.82, 2.24) is 16.0 Å². The first-order valence-corrected chi connectivity index (χ1v) is 11.7. The van der Waals surface area contributed by atoms with Gasteiger partial charge in [-0.25, -0.2) is 0 Å². The molecule has 2 unspecified atom stereocenters. The summed E-state index contributed by atoms with van der Waals surface area (Å²) in [6.07, 6.45) is 0.756. The van der Waals surface area contributed by atoms with Crippen LogP contribution in [0.4, 0.5) is 18.9 Å². The third-order valence-electron chi connectivity index (χ3n) is 6.15. The molecule has 0 spiro atoms. The number of anilines is 1. The molecule has 35 heavy (non-hydrogen) atoms. The number of likely N-dealkylation sites (N-methyl/N-ethyl adjacent to an activating group) is 2. The molecule has 0 bridgehead atoms. The highest BCUT2D eigenvalue weighted by Crippen LogP contribution is 2.32. The summed E-state index contributed by atoms with van der Waals surface area (Å²) in [5, 5.41) is 18.9. The zero-order valence-corrected chi connectivity index (χ0v) is 20.4. The van der Waals surface area contributed by atoms with Gasteiger partial charge in [0, 0.05) is 36.7 Å². The van der Waals surface area contributed by atoms with E-state index in [0.717, 1.165) is 35.8 Å². The lowest BCUT2D eigenvalue weighted by atomic mass is 9.92. The molecule has 192 valence electrons. The summed E-state index contributed by atoms with van der Waals surface area (Å²) >= 11 is 0. The predicted octanol–water partition coefficient (Wildman–Crippen LogP) is 3.94. The van der Waals surface area contributed by atoms with Gasteiger partial charge >= 0.3 is 6.36 Å². The Morgan fingerprint density at radius 3 is 2.74 bits per heavy atom. The molecule has 1 aliphatic heterocycles. The van der Waals surface area contributed by atoms with E-state index < -0.39 is 24.2 Å². The van der Waals surface area contributed by atoms with E-state index in [9.17, 15) is 23.1 Å². The van der Waals surface area contributed by atoms with Crippen molar-refractivity contribution in [2.24, 2.45) is 0 Å². The number of hydrogen-bond acceptors (Lipinski definition) is 6. The van der Waals surface area contributed by atoms with Gasteiger partial charge in [-0.05, 0) is 74.7 Å². The van der Waals surface area contributed by atoms with Gasteiger partial charge in [0.15, 0.2) is 0 Å². The number of amides is 1. The second-order valence-electron chi connectivity index (χ2n) is 8.79. The molecule has 1 aromatic rings. The predicted molar refractivity (Wildman–Crippen MR) is 129 cm³/mol. The van der Waals surface area contributed by atoms with Gasteiger partial charge in [-0.1, -0.05) is 13.3 Å². The number of dihydropyridines is 1. The zero-order chi connectivity index (χ0) is 25.8. The molecule has 3 rings (SSSR count). The van der Waals surface area contributed by atoms with E-state index in [-0.39, 0.29) is 11.6 Å². The quantitative estimate of drug-likeness (QED) is 0.416. The lowest BCUT2D eigenvalue weighted by molar-refractivity contribution is -0.274. The molecule has 1 aromatic carbocycles. The van der Waals surface area contributed by atoms with Crippen molar-refractivity contribution < 1.29 is 27.8 Å². The van der Waals surface area contributed by atoms with Gasteiger partial charge in [0.2, 0.25) is 0 Å². The van der Waals surface area contributed by atoms with Crippen molar-refractivity contribution >= 4 is 11.6 Å². The van der Waals surface area contributed by atoms with Gasteiger partial charge in [0.25, 0.3) is 5.91 Å². The van der Waals surface area contributed by atoms with Gasteiger partial charge in [-0.15, -0.1) is 13.2 Å². The number of nitrogens with zero attached hydrogens (tertiary/aromatic N) is 1. The lowest BCUT2D eigenvalue weighted by Gasteiger charge is -2.32. The number of ether oxygens (including phenoxy) is 1. The monoisotopic (exact) mass is 494 g/mol. The van der Waals surface area contributed by atoms with E-state index in [0.29, 0.717) is 30.8 Å². The number of nitrogens with one attached hydrogen (secondary N) is 3. The number of allylic oxidation sites excluding steroid dienone is 5. The normalized spacial score (nSPS) is 18.7. The van der Waals surface area contributed by atoms with Crippen LogP contribution in [0.2, 0.25) is 0 Å². The third-order valence-corrected chi connectivity index (χ3v) is 6.15. The second-order valence-corrected chi connectivity index (χ2v) is 8.79. The number of carbonyl (C=O) groups excluding carboxylic acids is 1. The van der Waals surface area contributed by atoms with Gasteiger partial charge in [-0.2, -0.15) is 0 Å². The fraction of sp³-hybridized carbons (Fsp3) is 0.480. The van der Waals surface area contributed by atoms with Crippen LogP contribution >= 0.6 is 0 Å². The number of rotatable bonds is 9. The molecule has 0 saturated heterocycles. The molecular formula is C25H33F3N4O3. The van der Waals surface area contributed by atoms with Gasteiger partial charge in [0.05, 0.1) is 5.56 Å². The summed E-state index contributed by atoms with van der Waals surface area (Å²) in [6.45, 7) is 4.58. The van der Waals surface area contributed by atoms with Gasteiger partial charge < -0.3 is 30.7 Å². The third kappa shape index (κ3) is 6.79. The highest BCUT2D eigenvalue weighted by Gasteiger charge is 2.32. The van der Waals surface area contributed by atoms with Crippen LogP contribution in [0.5, 0.6) is 5.75 Å². The Morgan fingerprint density at radius 1 is 1.34 bits per heavy atom. The minimum absolute atomic E-state index is 0.0417. The summed E-state index contributed by atoms with van der Waals surface area (Å²) in [4.78, 5) is 15.3. The van der Waals surface area contributed by atoms with Gasteiger partial charge in [-0.3, -0.25) is 4.79 Å². The molecule has 2 aliphatic rings. The fourth-order valence-corrected chi connectivity index (χ4v) is 4.49. The highest BCUT2D eigenvalue weighted by molar-refractivity contribution is 6.01.